The summed E-state index contributed by atoms with van der Waals surface area (Å²) in [6.07, 6.45) is 58.3. The van der Waals surface area contributed by atoms with E-state index in [4.69, 9.17) is 9.47 Å². The number of hydrogen-bond donors (Lipinski definition) is 1. The van der Waals surface area contributed by atoms with E-state index in [1.54, 1.807) is 0 Å². The Hall–Kier alpha value is -1.88. The van der Waals surface area contributed by atoms with Gasteiger partial charge >= 0.3 is 11.9 Å². The number of unbranched alkanes of at least 4 members (excludes halogenated alkanes) is 30. The van der Waals surface area contributed by atoms with E-state index in [2.05, 4.69) is 50.3 Å². The van der Waals surface area contributed by atoms with Gasteiger partial charge in [-0.25, -0.2) is 0 Å². The zero-order chi connectivity index (χ0) is 40.0. The summed E-state index contributed by atoms with van der Waals surface area (Å²) in [5, 5.41) is 9.57. The van der Waals surface area contributed by atoms with Gasteiger partial charge in [0.05, 0.1) is 6.61 Å². The molecule has 0 radical (unpaired) electrons. The lowest BCUT2D eigenvalue weighted by molar-refractivity contribution is -0.161. The predicted molar refractivity (Wildman–Crippen MR) is 238 cm³/mol. The van der Waals surface area contributed by atoms with E-state index in [0.717, 1.165) is 64.2 Å². The van der Waals surface area contributed by atoms with E-state index in [1.807, 2.05) is 0 Å². The molecular formula is C50H92O5. The van der Waals surface area contributed by atoms with Gasteiger partial charge < -0.3 is 14.6 Å². The van der Waals surface area contributed by atoms with Crippen molar-refractivity contribution in [2.75, 3.05) is 13.2 Å². The predicted octanol–water partition coefficient (Wildman–Crippen LogP) is 15.6. The highest BCUT2D eigenvalue weighted by Gasteiger charge is 2.16. The molecule has 0 aliphatic rings. The summed E-state index contributed by atoms with van der Waals surface area (Å²) in [6.45, 7) is 4.02. The Bertz CT molecular complexity index is 877. The van der Waals surface area contributed by atoms with Crippen LogP contribution in [0.25, 0.3) is 0 Å². The minimum absolute atomic E-state index is 0.0747. The average molecular weight is 773 g/mol. The first-order chi connectivity index (χ1) is 27.1. The third-order valence-electron chi connectivity index (χ3n) is 10.7. The van der Waals surface area contributed by atoms with Gasteiger partial charge in [-0.05, 0) is 44.9 Å². The zero-order valence-corrected chi connectivity index (χ0v) is 36.7. The monoisotopic (exact) mass is 773 g/mol. The zero-order valence-electron chi connectivity index (χ0n) is 36.7. The van der Waals surface area contributed by atoms with Gasteiger partial charge in [0.15, 0.2) is 6.10 Å². The Morgan fingerprint density at radius 2 is 0.782 bits per heavy atom. The molecule has 5 nitrogen and oxygen atoms in total. The van der Waals surface area contributed by atoms with Crippen molar-refractivity contribution < 1.29 is 24.2 Å². The van der Waals surface area contributed by atoms with Gasteiger partial charge in [0.1, 0.15) is 6.61 Å². The van der Waals surface area contributed by atoms with Crippen LogP contribution < -0.4 is 0 Å². The van der Waals surface area contributed by atoms with E-state index < -0.39 is 6.10 Å². The van der Waals surface area contributed by atoms with Crippen LogP contribution in [0.1, 0.15) is 251 Å². The highest BCUT2D eigenvalue weighted by atomic mass is 16.6. The van der Waals surface area contributed by atoms with Crippen LogP contribution in [-0.4, -0.2) is 36.4 Å². The van der Waals surface area contributed by atoms with Gasteiger partial charge in [-0.2, -0.15) is 0 Å². The van der Waals surface area contributed by atoms with Crippen molar-refractivity contribution in [2.45, 2.75) is 258 Å². The number of carbonyl (C=O) groups is 2. The number of aliphatic hydroxyl groups excluding tert-OH is 1. The van der Waals surface area contributed by atoms with Crippen molar-refractivity contribution in [3.8, 4) is 0 Å². The SMILES string of the molecule is CC/C=C\C/C=C\C/C=C\CCCCCC(=O)OC(CO)COC(=O)CCCCCCCCCCCCCCCCCCCCCCCCCCCCCC. The summed E-state index contributed by atoms with van der Waals surface area (Å²) >= 11 is 0. The molecule has 0 aromatic rings. The Labute approximate surface area is 342 Å². The molecule has 1 unspecified atom stereocenters. The number of allylic oxidation sites excluding steroid dienone is 6. The Balaban J connectivity index is 3.43. The molecule has 0 spiro atoms. The van der Waals surface area contributed by atoms with Crippen molar-refractivity contribution in [3.63, 3.8) is 0 Å². The smallest absolute Gasteiger partial charge is 0.306 e. The van der Waals surface area contributed by atoms with Crippen LogP contribution in [0, 0.1) is 0 Å². The lowest BCUT2D eigenvalue weighted by Crippen LogP contribution is -2.28. The fourth-order valence-corrected chi connectivity index (χ4v) is 7.10. The van der Waals surface area contributed by atoms with Crippen LogP contribution in [0.2, 0.25) is 0 Å². The second kappa shape index (κ2) is 46.5. The number of rotatable bonds is 44. The normalized spacial score (nSPS) is 12.4. The first-order valence-electron chi connectivity index (χ1n) is 24.0. The summed E-state index contributed by atoms with van der Waals surface area (Å²) in [5.74, 6) is -0.616. The number of hydrogen-bond acceptors (Lipinski definition) is 5. The van der Waals surface area contributed by atoms with Crippen LogP contribution in [0.3, 0.4) is 0 Å². The summed E-state index contributed by atoms with van der Waals surface area (Å²) in [5.41, 5.74) is 0. The largest absolute Gasteiger partial charge is 0.462 e. The maximum absolute atomic E-state index is 12.2. The van der Waals surface area contributed by atoms with E-state index in [-0.39, 0.29) is 25.2 Å². The van der Waals surface area contributed by atoms with Gasteiger partial charge in [0.2, 0.25) is 0 Å². The van der Waals surface area contributed by atoms with Crippen molar-refractivity contribution >= 4 is 11.9 Å². The first-order valence-corrected chi connectivity index (χ1v) is 24.0. The van der Waals surface area contributed by atoms with Crippen molar-refractivity contribution in [3.05, 3.63) is 36.5 Å². The molecule has 0 saturated carbocycles. The van der Waals surface area contributed by atoms with Crippen LogP contribution in [0.5, 0.6) is 0 Å². The number of carbonyl (C=O) groups excluding carboxylic acids is 2. The molecule has 0 amide bonds. The highest BCUT2D eigenvalue weighted by Crippen LogP contribution is 2.17. The molecule has 55 heavy (non-hydrogen) atoms. The van der Waals surface area contributed by atoms with Crippen LogP contribution in [0.4, 0.5) is 0 Å². The molecule has 0 aliphatic heterocycles. The second-order valence-electron chi connectivity index (χ2n) is 16.2. The summed E-state index contributed by atoms with van der Waals surface area (Å²) < 4.78 is 10.6. The molecule has 1 atom stereocenters. The molecule has 0 fully saturated rings. The third-order valence-corrected chi connectivity index (χ3v) is 10.7. The average Bonchev–Trinajstić information content (AvgIpc) is 3.19. The molecule has 0 aliphatic carbocycles. The molecule has 0 aromatic heterocycles. The van der Waals surface area contributed by atoms with Crippen molar-refractivity contribution in [2.24, 2.45) is 0 Å². The number of esters is 2. The second-order valence-corrected chi connectivity index (χ2v) is 16.2. The molecule has 0 bridgehead atoms. The first kappa shape index (κ1) is 53.1. The molecular weight excluding hydrogens is 681 g/mol. The molecule has 0 heterocycles. The van der Waals surface area contributed by atoms with Crippen LogP contribution in [0.15, 0.2) is 36.5 Å². The van der Waals surface area contributed by atoms with Gasteiger partial charge in [-0.15, -0.1) is 0 Å². The quantitative estimate of drug-likeness (QED) is 0.0379. The van der Waals surface area contributed by atoms with Crippen LogP contribution >= 0.6 is 0 Å². The molecule has 5 heteroatoms. The number of aliphatic hydroxyl groups is 1. The third kappa shape index (κ3) is 44.7. The standard InChI is InChI=1S/C50H92O5/c1-3-5-7-9-11-13-15-17-18-19-20-21-22-23-24-25-26-27-28-29-30-31-33-34-36-38-40-42-44-49(52)54-47-48(46-51)55-50(53)45-43-41-39-37-35-32-16-14-12-10-8-6-4-2/h6,8,12,14,32,35,48,51H,3-5,7,9-11,13,15-31,33-34,36-47H2,1-2H3/b8-6-,14-12-,35-32-. The summed E-state index contributed by atoms with van der Waals surface area (Å²) in [7, 11) is 0. The molecule has 322 valence electrons. The lowest BCUT2D eigenvalue weighted by Gasteiger charge is -2.15. The Kier molecular flexibility index (Phi) is 44.9. The van der Waals surface area contributed by atoms with E-state index >= 15 is 0 Å². The van der Waals surface area contributed by atoms with E-state index in [1.165, 1.54) is 161 Å². The van der Waals surface area contributed by atoms with Crippen molar-refractivity contribution in [1.29, 1.82) is 0 Å². The maximum Gasteiger partial charge on any atom is 0.306 e. The Morgan fingerprint density at radius 1 is 0.436 bits per heavy atom. The van der Waals surface area contributed by atoms with Crippen molar-refractivity contribution in [1.82, 2.24) is 0 Å². The lowest BCUT2D eigenvalue weighted by atomic mass is 10.0. The number of ether oxygens (including phenoxy) is 2. The minimum atomic E-state index is -0.784. The van der Waals surface area contributed by atoms with E-state index in [0.29, 0.717) is 12.8 Å². The minimum Gasteiger partial charge on any atom is -0.462 e. The molecule has 1 N–H and O–H groups in total. The summed E-state index contributed by atoms with van der Waals surface area (Å²) in [4.78, 5) is 24.3. The fourth-order valence-electron chi connectivity index (χ4n) is 7.10. The molecule has 0 saturated heterocycles. The maximum atomic E-state index is 12.2. The van der Waals surface area contributed by atoms with E-state index in [9.17, 15) is 14.7 Å². The van der Waals surface area contributed by atoms with Gasteiger partial charge in [0.25, 0.3) is 0 Å². The fraction of sp³-hybridized carbons (Fsp3) is 0.840. The molecule has 0 rings (SSSR count). The van der Waals surface area contributed by atoms with Gasteiger partial charge in [0, 0.05) is 12.8 Å². The topological polar surface area (TPSA) is 72.8 Å². The van der Waals surface area contributed by atoms with Gasteiger partial charge in [-0.1, -0.05) is 230 Å². The summed E-state index contributed by atoms with van der Waals surface area (Å²) in [6, 6.07) is 0. The van der Waals surface area contributed by atoms with Gasteiger partial charge in [-0.3, -0.25) is 9.59 Å². The van der Waals surface area contributed by atoms with Crippen LogP contribution in [-0.2, 0) is 19.1 Å². The molecule has 0 aromatic carbocycles. The highest BCUT2D eigenvalue weighted by molar-refractivity contribution is 5.70. The Morgan fingerprint density at radius 3 is 1.18 bits per heavy atom.